The molecule has 2 aliphatic rings. The van der Waals surface area contributed by atoms with Gasteiger partial charge in [0.05, 0.1) is 11.5 Å². The second-order valence-electron chi connectivity index (χ2n) is 8.01. The third-order valence-corrected chi connectivity index (χ3v) is 6.22. The van der Waals surface area contributed by atoms with Gasteiger partial charge in [0.15, 0.2) is 5.96 Å². The number of carbonyl (C=O) groups is 1. The van der Waals surface area contributed by atoms with Gasteiger partial charge in [-0.05, 0) is 55.0 Å². The summed E-state index contributed by atoms with van der Waals surface area (Å²) in [6.45, 7) is 1.86. The van der Waals surface area contributed by atoms with Crippen molar-refractivity contribution in [1.29, 1.82) is 0 Å². The highest BCUT2D eigenvalue weighted by Crippen LogP contribution is 2.46. The molecule has 4 N–H and O–H groups in total. The van der Waals surface area contributed by atoms with Gasteiger partial charge in [0.1, 0.15) is 11.3 Å². The molecule has 0 saturated heterocycles. The fourth-order valence-corrected chi connectivity index (χ4v) is 4.23. The van der Waals surface area contributed by atoms with Gasteiger partial charge in [-0.3, -0.25) is 9.69 Å². The zero-order valence-electron chi connectivity index (χ0n) is 16.1. The molecule has 0 bridgehead atoms. The molecule has 2 aromatic rings. The highest BCUT2D eigenvalue weighted by atomic mass is 16.3. The number of rotatable bonds is 3. The number of phenols is 1. The Morgan fingerprint density at radius 2 is 1.82 bits per heavy atom. The van der Waals surface area contributed by atoms with E-state index in [0.29, 0.717) is 5.56 Å². The standard InChI is InChI=1S/C22H25N3O3/c1-21(16-5-3-6-17(26)13-16)18(19(27)25(2)20(23)24-21)14-7-9-15(10-8-14)22(28)11-4-12-22/h3,5-10,13,18,26,28H,4,11-12H2,1-2H3,(H2,23,24)/t18-,21+/m0/s1. The monoisotopic (exact) mass is 379 g/mol. The van der Waals surface area contributed by atoms with Crippen LogP contribution in [-0.4, -0.2) is 34.0 Å². The molecule has 2 aromatic carbocycles. The SMILES string of the molecule is CN1C(=O)[C@H](c2ccc(C3(O)CCC3)cc2)[C@@](C)(c2cccc(O)c2)N=C1N. The summed E-state index contributed by atoms with van der Waals surface area (Å²) in [5.41, 5.74) is 6.71. The first-order valence-corrected chi connectivity index (χ1v) is 9.50. The third-order valence-electron chi connectivity index (χ3n) is 6.22. The van der Waals surface area contributed by atoms with Crippen molar-refractivity contribution >= 4 is 11.9 Å². The number of hydrogen-bond acceptors (Lipinski definition) is 5. The Kier molecular flexibility index (Phi) is 4.19. The smallest absolute Gasteiger partial charge is 0.239 e. The number of amides is 1. The van der Waals surface area contributed by atoms with E-state index >= 15 is 0 Å². The van der Waals surface area contributed by atoms with Crippen molar-refractivity contribution in [1.82, 2.24) is 4.90 Å². The van der Waals surface area contributed by atoms with Crippen molar-refractivity contribution in [3.05, 3.63) is 65.2 Å². The van der Waals surface area contributed by atoms with Crippen molar-refractivity contribution in [2.24, 2.45) is 10.7 Å². The number of hydrogen-bond donors (Lipinski definition) is 3. The molecule has 1 amide bonds. The molecule has 4 rings (SSSR count). The van der Waals surface area contributed by atoms with E-state index in [0.717, 1.165) is 30.4 Å². The molecule has 1 aliphatic carbocycles. The van der Waals surface area contributed by atoms with Gasteiger partial charge in [0, 0.05) is 7.05 Å². The van der Waals surface area contributed by atoms with E-state index < -0.39 is 17.1 Å². The molecule has 28 heavy (non-hydrogen) atoms. The number of nitrogens with zero attached hydrogens (tertiary/aromatic N) is 2. The van der Waals surface area contributed by atoms with Crippen LogP contribution in [0, 0.1) is 0 Å². The van der Waals surface area contributed by atoms with Crippen LogP contribution in [0.3, 0.4) is 0 Å². The number of aliphatic imine (C=N–C) groups is 1. The van der Waals surface area contributed by atoms with Crippen LogP contribution in [0.25, 0.3) is 0 Å². The average Bonchev–Trinajstić information content (AvgIpc) is 2.65. The number of guanidine groups is 1. The third kappa shape index (κ3) is 2.76. The summed E-state index contributed by atoms with van der Waals surface area (Å²) in [5.74, 6) is -0.502. The Labute approximate surface area is 164 Å². The molecular formula is C22H25N3O3. The number of benzene rings is 2. The van der Waals surface area contributed by atoms with Crippen molar-refractivity contribution in [3.8, 4) is 5.75 Å². The highest BCUT2D eigenvalue weighted by Gasteiger charge is 2.47. The zero-order valence-corrected chi connectivity index (χ0v) is 16.1. The molecule has 0 unspecified atom stereocenters. The summed E-state index contributed by atoms with van der Waals surface area (Å²) in [5, 5.41) is 20.5. The fourth-order valence-electron chi connectivity index (χ4n) is 4.23. The van der Waals surface area contributed by atoms with Crippen LogP contribution < -0.4 is 5.73 Å². The molecule has 1 heterocycles. The normalized spacial score (nSPS) is 26.5. The van der Waals surface area contributed by atoms with Crippen molar-refractivity contribution in [2.45, 2.75) is 43.2 Å². The average molecular weight is 379 g/mol. The van der Waals surface area contributed by atoms with E-state index in [1.165, 1.54) is 4.90 Å². The lowest BCUT2D eigenvalue weighted by Crippen LogP contribution is -2.52. The molecule has 2 atom stereocenters. The molecule has 6 heteroatoms. The molecule has 1 fully saturated rings. The van der Waals surface area contributed by atoms with E-state index in [1.807, 2.05) is 37.3 Å². The number of carbonyl (C=O) groups excluding carboxylic acids is 1. The van der Waals surface area contributed by atoms with Crippen molar-refractivity contribution in [2.75, 3.05) is 7.05 Å². The van der Waals surface area contributed by atoms with Gasteiger partial charge in [-0.1, -0.05) is 36.4 Å². The first kappa shape index (κ1) is 18.5. The van der Waals surface area contributed by atoms with Crippen LogP contribution in [0.2, 0.25) is 0 Å². The van der Waals surface area contributed by atoms with E-state index in [4.69, 9.17) is 5.73 Å². The predicted molar refractivity (Wildman–Crippen MR) is 107 cm³/mol. The van der Waals surface area contributed by atoms with Crippen LogP contribution in [-0.2, 0) is 15.9 Å². The maximum atomic E-state index is 13.2. The lowest BCUT2D eigenvalue weighted by molar-refractivity contribution is -0.130. The van der Waals surface area contributed by atoms with Gasteiger partial charge in [0.25, 0.3) is 0 Å². The second kappa shape index (κ2) is 6.34. The van der Waals surface area contributed by atoms with Crippen LogP contribution in [0.1, 0.15) is 48.8 Å². The lowest BCUT2D eigenvalue weighted by Gasteiger charge is -2.41. The summed E-state index contributed by atoms with van der Waals surface area (Å²) in [6.07, 6.45) is 2.55. The quantitative estimate of drug-likeness (QED) is 0.763. The first-order chi connectivity index (χ1) is 13.2. The van der Waals surface area contributed by atoms with Gasteiger partial charge >= 0.3 is 0 Å². The van der Waals surface area contributed by atoms with Crippen LogP contribution in [0.4, 0.5) is 0 Å². The summed E-state index contributed by atoms with van der Waals surface area (Å²) >= 11 is 0. The summed E-state index contributed by atoms with van der Waals surface area (Å²) in [6, 6.07) is 14.3. The largest absolute Gasteiger partial charge is 0.508 e. The second-order valence-corrected chi connectivity index (χ2v) is 8.01. The number of aromatic hydroxyl groups is 1. The molecule has 146 valence electrons. The molecular weight excluding hydrogens is 354 g/mol. The summed E-state index contributed by atoms with van der Waals surface area (Å²) in [4.78, 5) is 19.2. The Hall–Kier alpha value is -2.86. The maximum Gasteiger partial charge on any atom is 0.239 e. The first-order valence-electron chi connectivity index (χ1n) is 9.50. The summed E-state index contributed by atoms with van der Waals surface area (Å²) in [7, 11) is 1.61. The van der Waals surface area contributed by atoms with Crippen LogP contribution in [0.5, 0.6) is 5.75 Å². The van der Waals surface area contributed by atoms with Crippen molar-refractivity contribution < 1.29 is 15.0 Å². The minimum absolute atomic E-state index is 0.111. The summed E-state index contributed by atoms with van der Waals surface area (Å²) < 4.78 is 0. The minimum atomic E-state index is -0.957. The number of nitrogens with two attached hydrogens (primary N) is 1. The Bertz CT molecular complexity index is 950. The number of aliphatic hydroxyl groups is 1. The molecule has 1 saturated carbocycles. The fraction of sp³-hybridized carbons (Fsp3) is 0.364. The Balaban J connectivity index is 1.81. The van der Waals surface area contributed by atoms with Crippen LogP contribution in [0.15, 0.2) is 53.5 Å². The molecule has 6 nitrogen and oxygen atoms in total. The zero-order chi connectivity index (χ0) is 20.1. The highest BCUT2D eigenvalue weighted by molar-refractivity contribution is 6.02. The van der Waals surface area contributed by atoms with Gasteiger partial charge in [-0.2, -0.15) is 0 Å². The van der Waals surface area contributed by atoms with Crippen LogP contribution >= 0.6 is 0 Å². The topological polar surface area (TPSA) is 99.2 Å². The van der Waals surface area contributed by atoms with E-state index in [2.05, 4.69) is 4.99 Å². The predicted octanol–water partition coefficient (Wildman–Crippen LogP) is 2.55. The van der Waals surface area contributed by atoms with Gasteiger partial charge < -0.3 is 15.9 Å². The molecule has 0 aromatic heterocycles. The van der Waals surface area contributed by atoms with E-state index in [9.17, 15) is 15.0 Å². The van der Waals surface area contributed by atoms with Gasteiger partial charge in [0.2, 0.25) is 5.91 Å². The molecule has 0 spiro atoms. The molecule has 1 aliphatic heterocycles. The molecule has 0 radical (unpaired) electrons. The Morgan fingerprint density at radius 3 is 2.39 bits per heavy atom. The maximum absolute atomic E-state index is 13.2. The Morgan fingerprint density at radius 1 is 1.14 bits per heavy atom. The number of phenolic OH excluding ortho intramolecular Hbond substituents is 1. The van der Waals surface area contributed by atoms with Gasteiger partial charge in [-0.25, -0.2) is 4.99 Å². The van der Waals surface area contributed by atoms with E-state index in [1.54, 1.807) is 25.2 Å². The van der Waals surface area contributed by atoms with E-state index in [-0.39, 0.29) is 17.6 Å². The van der Waals surface area contributed by atoms with Crippen molar-refractivity contribution in [3.63, 3.8) is 0 Å². The number of likely N-dealkylation sites (N-methyl/N-ethyl adjacent to an activating group) is 1. The minimum Gasteiger partial charge on any atom is -0.508 e. The lowest BCUT2D eigenvalue weighted by atomic mass is 9.72. The van der Waals surface area contributed by atoms with Gasteiger partial charge in [-0.15, -0.1) is 0 Å².